The average Bonchev–Trinajstić information content (AvgIpc) is 2.77. The molecule has 5 heteroatoms. The second-order valence-electron chi connectivity index (χ2n) is 3.57. The summed E-state index contributed by atoms with van der Waals surface area (Å²) in [6, 6.07) is 7.40. The Morgan fingerprint density at radius 1 is 1.53 bits per heavy atom. The number of carboxylic acid groups (broad SMARTS) is 1. The van der Waals surface area contributed by atoms with Crippen LogP contribution in [0.3, 0.4) is 0 Å². The summed E-state index contributed by atoms with van der Waals surface area (Å²) in [6.45, 7) is 0. The fourth-order valence-corrected chi connectivity index (χ4v) is 1.52. The van der Waals surface area contributed by atoms with Gasteiger partial charge in [0.05, 0.1) is 25.4 Å². The molecule has 1 aromatic heterocycles. The van der Waals surface area contributed by atoms with Crippen LogP contribution < -0.4 is 4.74 Å². The van der Waals surface area contributed by atoms with Gasteiger partial charge >= 0.3 is 5.97 Å². The zero-order chi connectivity index (χ0) is 12.3. The lowest BCUT2D eigenvalue weighted by atomic mass is 10.2. The highest BCUT2D eigenvalue weighted by molar-refractivity contribution is 5.69. The normalized spacial score (nSPS) is 10.2. The highest BCUT2D eigenvalue weighted by atomic mass is 16.5. The molecule has 1 aromatic carbocycles. The molecule has 88 valence electrons. The first-order valence-electron chi connectivity index (χ1n) is 5.09. The summed E-state index contributed by atoms with van der Waals surface area (Å²) in [6.07, 6.45) is 3.22. The van der Waals surface area contributed by atoms with Crippen molar-refractivity contribution >= 4 is 5.97 Å². The van der Waals surface area contributed by atoms with Crippen molar-refractivity contribution in [3.63, 3.8) is 0 Å². The third kappa shape index (κ3) is 2.63. The summed E-state index contributed by atoms with van der Waals surface area (Å²) in [5, 5.41) is 12.8. The van der Waals surface area contributed by atoms with Gasteiger partial charge in [-0.3, -0.25) is 4.79 Å². The van der Waals surface area contributed by atoms with E-state index in [0.717, 1.165) is 11.4 Å². The van der Waals surface area contributed by atoms with Crippen LogP contribution in [0.5, 0.6) is 5.75 Å². The summed E-state index contributed by atoms with van der Waals surface area (Å²) in [5.41, 5.74) is 1.50. The van der Waals surface area contributed by atoms with Crippen molar-refractivity contribution in [3.8, 4) is 11.4 Å². The summed E-state index contributed by atoms with van der Waals surface area (Å²) >= 11 is 0. The summed E-state index contributed by atoms with van der Waals surface area (Å²) < 4.78 is 6.74. The van der Waals surface area contributed by atoms with E-state index in [2.05, 4.69) is 5.10 Å². The van der Waals surface area contributed by atoms with E-state index in [9.17, 15) is 4.79 Å². The van der Waals surface area contributed by atoms with E-state index in [4.69, 9.17) is 9.84 Å². The number of ether oxygens (including phenoxy) is 1. The number of rotatable bonds is 4. The van der Waals surface area contributed by atoms with E-state index >= 15 is 0 Å². The molecule has 0 aliphatic heterocycles. The van der Waals surface area contributed by atoms with Gasteiger partial charge in [0.25, 0.3) is 0 Å². The first kappa shape index (κ1) is 11.2. The molecule has 0 aliphatic rings. The lowest BCUT2D eigenvalue weighted by Crippen LogP contribution is -1.99. The van der Waals surface area contributed by atoms with Crippen LogP contribution in [0.1, 0.15) is 5.56 Å². The van der Waals surface area contributed by atoms with Crippen molar-refractivity contribution in [3.05, 3.63) is 42.2 Å². The number of benzene rings is 1. The fraction of sp³-hybridized carbons (Fsp3) is 0.167. The van der Waals surface area contributed by atoms with Gasteiger partial charge in [-0.15, -0.1) is 0 Å². The number of hydrogen-bond donors (Lipinski definition) is 1. The zero-order valence-corrected chi connectivity index (χ0v) is 9.33. The SMILES string of the molecule is COc1cccc(-n2cc(CC(=O)O)cn2)c1. The molecule has 2 rings (SSSR count). The second-order valence-corrected chi connectivity index (χ2v) is 3.57. The van der Waals surface area contributed by atoms with Crippen LogP contribution in [0.25, 0.3) is 5.69 Å². The molecule has 0 aliphatic carbocycles. The minimum Gasteiger partial charge on any atom is -0.497 e. The fourth-order valence-electron chi connectivity index (χ4n) is 1.52. The Morgan fingerprint density at radius 3 is 3.06 bits per heavy atom. The maximum Gasteiger partial charge on any atom is 0.307 e. The number of aliphatic carboxylic acids is 1. The lowest BCUT2D eigenvalue weighted by Gasteiger charge is -2.03. The van der Waals surface area contributed by atoms with Crippen LogP contribution >= 0.6 is 0 Å². The van der Waals surface area contributed by atoms with Gasteiger partial charge in [-0.2, -0.15) is 5.10 Å². The largest absolute Gasteiger partial charge is 0.497 e. The molecule has 5 nitrogen and oxygen atoms in total. The second kappa shape index (κ2) is 4.69. The zero-order valence-electron chi connectivity index (χ0n) is 9.33. The molecule has 0 amide bonds. The van der Waals surface area contributed by atoms with E-state index in [1.165, 1.54) is 0 Å². The van der Waals surface area contributed by atoms with Gasteiger partial charge in [0, 0.05) is 17.8 Å². The highest BCUT2D eigenvalue weighted by Crippen LogP contribution is 2.16. The van der Waals surface area contributed by atoms with E-state index in [1.54, 1.807) is 24.2 Å². The third-order valence-corrected chi connectivity index (χ3v) is 2.31. The molecule has 0 saturated heterocycles. The monoisotopic (exact) mass is 232 g/mol. The van der Waals surface area contributed by atoms with Crippen molar-refractivity contribution < 1.29 is 14.6 Å². The molecule has 17 heavy (non-hydrogen) atoms. The molecule has 1 N–H and O–H groups in total. The Bertz CT molecular complexity index is 534. The minimum atomic E-state index is -0.866. The summed E-state index contributed by atoms with van der Waals surface area (Å²) in [4.78, 5) is 10.6. The Hall–Kier alpha value is -2.30. The van der Waals surface area contributed by atoms with Gasteiger partial charge < -0.3 is 9.84 Å². The molecule has 2 aromatic rings. The molecule has 0 radical (unpaired) electrons. The van der Waals surface area contributed by atoms with Crippen molar-refractivity contribution in [2.45, 2.75) is 6.42 Å². The maximum absolute atomic E-state index is 10.6. The van der Waals surface area contributed by atoms with Crippen LogP contribution in [0.4, 0.5) is 0 Å². The average molecular weight is 232 g/mol. The first-order valence-corrected chi connectivity index (χ1v) is 5.09. The van der Waals surface area contributed by atoms with Crippen LogP contribution in [-0.4, -0.2) is 28.0 Å². The van der Waals surface area contributed by atoms with Gasteiger partial charge in [-0.05, 0) is 12.1 Å². The lowest BCUT2D eigenvalue weighted by molar-refractivity contribution is -0.136. The molecule has 0 saturated carbocycles. The molecule has 0 spiro atoms. The standard InChI is InChI=1S/C12H12N2O3/c1-17-11-4-2-3-10(6-11)14-8-9(7-13-14)5-12(15)16/h2-4,6-8H,5H2,1H3,(H,15,16). The van der Waals surface area contributed by atoms with Crippen LogP contribution in [-0.2, 0) is 11.2 Å². The van der Waals surface area contributed by atoms with Gasteiger partial charge in [0.15, 0.2) is 0 Å². The quantitative estimate of drug-likeness (QED) is 0.867. The predicted molar refractivity (Wildman–Crippen MR) is 61.5 cm³/mol. The van der Waals surface area contributed by atoms with E-state index in [-0.39, 0.29) is 6.42 Å². The number of methoxy groups -OCH3 is 1. The molecule has 0 unspecified atom stereocenters. The third-order valence-electron chi connectivity index (χ3n) is 2.31. The summed E-state index contributed by atoms with van der Waals surface area (Å²) in [7, 11) is 1.60. The first-order chi connectivity index (χ1) is 8.19. The van der Waals surface area contributed by atoms with Crippen LogP contribution in [0.2, 0.25) is 0 Å². The molecular formula is C12H12N2O3. The minimum absolute atomic E-state index is 0.0238. The Morgan fingerprint density at radius 2 is 2.35 bits per heavy atom. The van der Waals surface area contributed by atoms with Crippen molar-refractivity contribution in [1.29, 1.82) is 0 Å². The molecule has 1 heterocycles. The van der Waals surface area contributed by atoms with Crippen molar-refractivity contribution in [1.82, 2.24) is 9.78 Å². The number of carboxylic acids is 1. The predicted octanol–water partition coefficient (Wildman–Crippen LogP) is 1.51. The number of aromatic nitrogens is 2. The number of nitrogens with zero attached hydrogens (tertiary/aromatic N) is 2. The van der Waals surface area contributed by atoms with Crippen molar-refractivity contribution in [2.24, 2.45) is 0 Å². The maximum atomic E-state index is 10.6. The van der Waals surface area contributed by atoms with Crippen LogP contribution in [0.15, 0.2) is 36.7 Å². The van der Waals surface area contributed by atoms with Gasteiger partial charge in [-0.1, -0.05) is 6.07 Å². The van der Waals surface area contributed by atoms with Crippen LogP contribution in [0, 0.1) is 0 Å². The smallest absolute Gasteiger partial charge is 0.307 e. The van der Waals surface area contributed by atoms with Gasteiger partial charge in [0.2, 0.25) is 0 Å². The molecular weight excluding hydrogens is 220 g/mol. The van der Waals surface area contributed by atoms with Crippen molar-refractivity contribution in [2.75, 3.05) is 7.11 Å². The van der Waals surface area contributed by atoms with Gasteiger partial charge in [0.1, 0.15) is 5.75 Å². The Labute approximate surface area is 98.3 Å². The van der Waals surface area contributed by atoms with E-state index in [1.807, 2.05) is 24.3 Å². The Balaban J connectivity index is 2.26. The molecule has 0 atom stereocenters. The van der Waals surface area contributed by atoms with E-state index in [0.29, 0.717) is 5.56 Å². The number of hydrogen-bond acceptors (Lipinski definition) is 3. The molecule has 0 fully saturated rings. The summed E-state index contributed by atoms with van der Waals surface area (Å²) in [5.74, 6) is -0.132. The topological polar surface area (TPSA) is 64.3 Å². The molecule has 0 bridgehead atoms. The van der Waals surface area contributed by atoms with Gasteiger partial charge in [-0.25, -0.2) is 4.68 Å². The van der Waals surface area contributed by atoms with E-state index < -0.39 is 5.97 Å². The Kier molecular flexibility index (Phi) is 3.09. The highest BCUT2D eigenvalue weighted by Gasteiger charge is 2.05. The number of carbonyl (C=O) groups is 1.